The summed E-state index contributed by atoms with van der Waals surface area (Å²) in [5.74, 6) is -0.259. The lowest BCUT2D eigenvalue weighted by molar-refractivity contribution is -0.437. The van der Waals surface area contributed by atoms with Crippen LogP contribution < -0.4 is 20.9 Å². The number of aliphatic hydroxyl groups excluding tert-OH is 4. The van der Waals surface area contributed by atoms with E-state index < -0.39 is 74.3 Å². The fourth-order valence-corrected chi connectivity index (χ4v) is 12.3. The standard InChI is InChI=1S/C52H65N5O16S3/c1-7-23-56-36-27-39(74-73-72-64)32-20-18-31(75(65,66)67)26-35(32)45(36)51(3,4)41(56)14-10-8-11-15-42-52(5,6)44-34-25-30(2)17-19-33(34)40(76(68,69)70)28-37(44)57(42)24-13-9-12-16-43(59)53-21-22-54-50(63)55-46-48(61)47(60)38(29-58)71-49(46)62/h8,10-11,14-15,17-20,25-28,38,46-49,58,60-62H,7,9,12-13,16,21-24,29H2,1-6H3,(H5-,53,54,55,59,63,64,65,66,67,68,69,70)/p+1. The van der Waals surface area contributed by atoms with Crippen LogP contribution in [0.3, 0.4) is 0 Å². The summed E-state index contributed by atoms with van der Waals surface area (Å²) in [6.07, 6.45) is 6.23. The molecule has 10 N–H and O–H groups in total. The first-order valence-corrected chi connectivity index (χ1v) is 28.4. The van der Waals surface area contributed by atoms with Crippen molar-refractivity contribution in [1.82, 2.24) is 16.0 Å². The van der Waals surface area contributed by atoms with Crippen LogP contribution in [0.15, 0.2) is 99.3 Å². The third-order valence-electron chi connectivity index (χ3n) is 14.1. The van der Waals surface area contributed by atoms with Gasteiger partial charge >= 0.3 is 6.03 Å². The highest BCUT2D eigenvalue weighted by Crippen LogP contribution is 2.53. The van der Waals surface area contributed by atoms with Gasteiger partial charge in [0.25, 0.3) is 20.2 Å². The molecule has 5 atom stereocenters. The SMILES string of the molecule is CCC[N+]1=C(C=CC=CC=C2N(CCCCCC(=O)NCCNC(=O)NC3C(O)OC(CO)C(O)C3O)c3cc(S(=O)(=O)O)c4ccc(C)cc4c3C2(C)C)C(C)(C)c2c1cc(SOOO)c1ccc(S(=O)(=O)O)cc21. The van der Waals surface area contributed by atoms with E-state index in [0.717, 1.165) is 52.3 Å². The number of carbonyl (C=O) groups is 2. The number of fused-ring (bicyclic) bond motifs is 6. The summed E-state index contributed by atoms with van der Waals surface area (Å²) >= 11 is 0.750. The number of anilines is 1. The summed E-state index contributed by atoms with van der Waals surface area (Å²) in [6, 6.07) is 11.0. The van der Waals surface area contributed by atoms with Crippen LogP contribution in [0.2, 0.25) is 0 Å². The van der Waals surface area contributed by atoms with Gasteiger partial charge in [-0.1, -0.05) is 80.3 Å². The van der Waals surface area contributed by atoms with E-state index in [2.05, 4.69) is 44.3 Å². The Morgan fingerprint density at radius 3 is 2.24 bits per heavy atom. The predicted octanol–water partition coefficient (Wildman–Crippen LogP) is 5.58. The number of nitrogens with one attached hydrogen (secondary N) is 3. The molecule has 1 saturated heterocycles. The first kappa shape index (κ1) is 58.4. The largest absolute Gasteiger partial charge is 0.394 e. The summed E-state index contributed by atoms with van der Waals surface area (Å²) in [7, 11) is -9.22. The summed E-state index contributed by atoms with van der Waals surface area (Å²) in [5, 5.41) is 62.5. The van der Waals surface area contributed by atoms with Crippen molar-refractivity contribution in [3.63, 3.8) is 0 Å². The molecule has 3 aliphatic rings. The highest BCUT2D eigenvalue weighted by Gasteiger charge is 2.47. The van der Waals surface area contributed by atoms with Crippen LogP contribution >= 0.6 is 12.0 Å². The Kier molecular flexibility index (Phi) is 18.2. The van der Waals surface area contributed by atoms with Crippen molar-refractivity contribution in [3.8, 4) is 0 Å². The van der Waals surface area contributed by atoms with Gasteiger partial charge in [0.2, 0.25) is 11.6 Å². The lowest BCUT2D eigenvalue weighted by Gasteiger charge is -2.40. The van der Waals surface area contributed by atoms with Gasteiger partial charge in [0.15, 0.2) is 12.0 Å². The normalized spacial score (nSPS) is 21.8. The molecule has 0 aromatic heterocycles. The maximum Gasteiger partial charge on any atom is 0.315 e. The van der Waals surface area contributed by atoms with E-state index >= 15 is 0 Å². The zero-order valence-corrected chi connectivity index (χ0v) is 45.3. The summed E-state index contributed by atoms with van der Waals surface area (Å²) in [5.41, 5.74) is 4.42. The molecule has 412 valence electrons. The highest BCUT2D eigenvalue weighted by molar-refractivity contribution is 7.94. The highest BCUT2D eigenvalue weighted by atomic mass is 32.2. The van der Waals surface area contributed by atoms with Gasteiger partial charge in [-0.25, -0.2) is 10.1 Å². The van der Waals surface area contributed by atoms with Crippen molar-refractivity contribution in [2.45, 2.75) is 130 Å². The molecule has 0 aliphatic carbocycles. The number of amides is 3. The van der Waals surface area contributed by atoms with Gasteiger partial charge in [0.05, 0.1) is 33.9 Å². The number of carbonyl (C=O) groups excluding carboxylic acids is 2. The summed E-state index contributed by atoms with van der Waals surface area (Å²) < 4.78 is 83.2. The summed E-state index contributed by atoms with van der Waals surface area (Å²) in [6.45, 7) is 12.6. The molecule has 0 radical (unpaired) electrons. The van der Waals surface area contributed by atoms with Crippen molar-refractivity contribution in [1.29, 1.82) is 0 Å². The van der Waals surface area contributed by atoms with Crippen LogP contribution in [0.1, 0.15) is 83.4 Å². The zero-order valence-electron chi connectivity index (χ0n) is 42.9. The Labute approximate surface area is 445 Å². The van der Waals surface area contributed by atoms with Crippen molar-refractivity contribution in [2.75, 3.05) is 37.7 Å². The molecular weight excluding hydrogens is 1050 g/mol. The molecule has 4 aromatic carbocycles. The Balaban J connectivity index is 1.09. The molecule has 0 saturated carbocycles. The van der Waals surface area contributed by atoms with Gasteiger partial charge < -0.3 is 46.0 Å². The fraction of sp³-hybridized carbons (Fsp3) is 0.442. The van der Waals surface area contributed by atoms with Gasteiger partial charge in [-0.3, -0.25) is 13.9 Å². The van der Waals surface area contributed by atoms with Gasteiger partial charge in [-0.2, -0.15) is 21.4 Å². The Bertz CT molecular complexity index is 3230. The number of nitrogens with zero attached hydrogens (tertiary/aromatic N) is 2. The molecule has 21 nitrogen and oxygen atoms in total. The number of hydrogen-bond acceptors (Lipinski definition) is 16. The van der Waals surface area contributed by atoms with E-state index in [0.29, 0.717) is 64.5 Å². The minimum Gasteiger partial charge on any atom is -0.394 e. The molecule has 3 heterocycles. The lowest BCUT2D eigenvalue weighted by atomic mass is 9.79. The molecule has 4 aromatic rings. The monoisotopic (exact) mass is 1110 g/mol. The Morgan fingerprint density at radius 1 is 0.842 bits per heavy atom. The number of benzene rings is 4. The van der Waals surface area contributed by atoms with Crippen molar-refractivity contribution < 1.29 is 79.9 Å². The van der Waals surface area contributed by atoms with E-state index in [-0.39, 0.29) is 35.2 Å². The first-order chi connectivity index (χ1) is 35.9. The number of urea groups is 1. The van der Waals surface area contributed by atoms with Gasteiger partial charge in [0, 0.05) is 72.4 Å². The average Bonchev–Trinajstić information content (AvgIpc) is 3.82. The second-order valence-corrected chi connectivity index (χ2v) is 23.6. The smallest absolute Gasteiger partial charge is 0.315 e. The third-order valence-corrected chi connectivity index (χ3v) is 16.5. The molecule has 0 spiro atoms. The fourth-order valence-electron chi connectivity index (χ4n) is 10.6. The molecule has 24 heteroatoms. The summed E-state index contributed by atoms with van der Waals surface area (Å²) in [4.78, 5) is 27.3. The number of allylic oxidation sites excluding steroid dienone is 6. The van der Waals surface area contributed by atoms with Crippen LogP contribution in [0.4, 0.5) is 16.2 Å². The van der Waals surface area contributed by atoms with E-state index in [1.54, 1.807) is 18.2 Å². The van der Waals surface area contributed by atoms with Crippen molar-refractivity contribution in [2.24, 2.45) is 0 Å². The Morgan fingerprint density at radius 2 is 1.55 bits per heavy atom. The minimum absolute atomic E-state index is 0.00495. The molecule has 76 heavy (non-hydrogen) atoms. The molecule has 0 bridgehead atoms. The second kappa shape index (κ2) is 23.7. The molecule has 5 unspecified atom stereocenters. The van der Waals surface area contributed by atoms with Crippen LogP contribution in [0.5, 0.6) is 0 Å². The van der Waals surface area contributed by atoms with Crippen LogP contribution in [-0.4, -0.2) is 137 Å². The number of unbranched alkanes of at least 4 members (excludes halogenated alkanes) is 2. The van der Waals surface area contributed by atoms with Crippen molar-refractivity contribution >= 4 is 82.8 Å². The Hall–Kier alpha value is -5.32. The number of aliphatic hydroxyl groups is 4. The van der Waals surface area contributed by atoms with Crippen LogP contribution in [0.25, 0.3) is 21.5 Å². The lowest BCUT2D eigenvalue weighted by Crippen LogP contribution is -2.65. The molecular formula is C52H66N5O16S3+. The van der Waals surface area contributed by atoms with E-state index in [1.807, 2.05) is 70.2 Å². The first-order valence-electron chi connectivity index (χ1n) is 24.7. The van der Waals surface area contributed by atoms with Gasteiger partial charge in [0.1, 0.15) is 35.8 Å². The van der Waals surface area contributed by atoms with Gasteiger partial charge in [-0.15, -0.1) is 4.33 Å². The second-order valence-electron chi connectivity index (χ2n) is 20.0. The van der Waals surface area contributed by atoms with Crippen LogP contribution in [0, 0.1) is 6.92 Å². The van der Waals surface area contributed by atoms with E-state index in [4.69, 9.17) is 14.3 Å². The number of hydrogen-bond donors (Lipinski definition) is 10. The quantitative estimate of drug-likeness (QED) is 0.00926. The number of ether oxygens (including phenoxy) is 1. The maximum absolute atomic E-state index is 13.0. The topological polar surface area (TPSA) is 314 Å². The van der Waals surface area contributed by atoms with Gasteiger partial charge in [-0.05, 0) is 79.6 Å². The minimum atomic E-state index is -4.66. The molecule has 1 fully saturated rings. The maximum atomic E-state index is 13.0. The zero-order chi connectivity index (χ0) is 55.5. The van der Waals surface area contributed by atoms with Crippen molar-refractivity contribution in [3.05, 3.63) is 101 Å². The number of aryl methyl sites for hydroxylation is 1. The van der Waals surface area contributed by atoms with E-state index in [9.17, 15) is 56.0 Å². The van der Waals surface area contributed by atoms with Crippen LogP contribution in [-0.2, 0) is 50.0 Å². The predicted molar refractivity (Wildman–Crippen MR) is 285 cm³/mol. The average molecular weight is 1110 g/mol. The van der Waals surface area contributed by atoms with E-state index in [1.165, 1.54) is 18.2 Å². The third kappa shape index (κ3) is 12.2. The number of rotatable bonds is 21. The molecule has 7 rings (SSSR count). The molecule has 3 amide bonds. The molecule has 3 aliphatic heterocycles.